The molecular weight excluding hydrogens is 158 g/mol. The highest BCUT2D eigenvalue weighted by molar-refractivity contribution is 5.27. The maximum absolute atomic E-state index is 13.0. The summed E-state index contributed by atoms with van der Waals surface area (Å²) in [4.78, 5) is 0. The van der Waals surface area contributed by atoms with E-state index < -0.39 is 11.6 Å². The average molecular weight is 166 g/mol. The third kappa shape index (κ3) is 1.62. The molecule has 2 heteroatoms. The van der Waals surface area contributed by atoms with Gasteiger partial charge in [-0.3, -0.25) is 0 Å². The highest BCUT2D eigenvalue weighted by atomic mass is 19.1. The van der Waals surface area contributed by atoms with Crippen molar-refractivity contribution in [3.8, 4) is 12.3 Å². The Morgan fingerprint density at radius 1 is 1.42 bits per heavy atom. The van der Waals surface area contributed by atoms with Crippen LogP contribution in [-0.2, 0) is 0 Å². The van der Waals surface area contributed by atoms with E-state index in [2.05, 4.69) is 5.92 Å². The molecule has 62 valence electrons. The lowest BCUT2D eigenvalue weighted by molar-refractivity contribution is 0.570. The van der Waals surface area contributed by atoms with Gasteiger partial charge in [-0.15, -0.1) is 6.42 Å². The molecule has 0 bridgehead atoms. The fourth-order valence-corrected chi connectivity index (χ4v) is 0.942. The van der Waals surface area contributed by atoms with Crippen LogP contribution in [0.25, 0.3) is 0 Å². The van der Waals surface area contributed by atoms with Crippen LogP contribution in [0.1, 0.15) is 18.4 Å². The van der Waals surface area contributed by atoms with Crippen LogP contribution in [0.3, 0.4) is 0 Å². The molecule has 1 rings (SSSR count). The van der Waals surface area contributed by atoms with Crippen LogP contribution in [0.15, 0.2) is 18.2 Å². The summed E-state index contributed by atoms with van der Waals surface area (Å²) >= 11 is 0. The number of hydrogen-bond acceptors (Lipinski definition) is 0. The minimum absolute atomic E-state index is 0.314. The number of benzene rings is 1. The van der Waals surface area contributed by atoms with Gasteiger partial charge in [0.25, 0.3) is 0 Å². The zero-order valence-corrected chi connectivity index (χ0v) is 6.64. The van der Waals surface area contributed by atoms with E-state index >= 15 is 0 Å². The lowest BCUT2D eigenvalue weighted by Gasteiger charge is -2.04. The minimum atomic E-state index is -0.583. The van der Waals surface area contributed by atoms with E-state index in [1.54, 1.807) is 6.92 Å². The smallest absolute Gasteiger partial charge is 0.130 e. The van der Waals surface area contributed by atoms with E-state index in [0.717, 1.165) is 6.07 Å². The number of halogens is 2. The Balaban J connectivity index is 3.11. The Hall–Kier alpha value is -1.36. The molecule has 0 aromatic heterocycles. The monoisotopic (exact) mass is 166 g/mol. The second kappa shape index (κ2) is 3.36. The van der Waals surface area contributed by atoms with Crippen LogP contribution in [0.4, 0.5) is 8.78 Å². The molecule has 1 unspecified atom stereocenters. The van der Waals surface area contributed by atoms with Crippen LogP contribution in [0, 0.1) is 24.0 Å². The van der Waals surface area contributed by atoms with Gasteiger partial charge < -0.3 is 0 Å². The summed E-state index contributed by atoms with van der Waals surface area (Å²) in [6.45, 7) is 1.69. The van der Waals surface area contributed by atoms with Gasteiger partial charge in [-0.2, -0.15) is 0 Å². The summed E-state index contributed by atoms with van der Waals surface area (Å²) in [5, 5.41) is 0. The second-order valence-electron chi connectivity index (χ2n) is 2.55. The molecule has 1 aromatic rings. The SMILES string of the molecule is C#CC(C)c1ccc(F)cc1F. The average Bonchev–Trinajstić information content (AvgIpc) is 2.03. The van der Waals surface area contributed by atoms with Crippen LogP contribution in [-0.4, -0.2) is 0 Å². The Labute approximate surface area is 70.2 Å². The predicted octanol–water partition coefficient (Wildman–Crippen LogP) is 2.70. The van der Waals surface area contributed by atoms with Crippen molar-refractivity contribution in [1.82, 2.24) is 0 Å². The second-order valence-corrected chi connectivity index (χ2v) is 2.55. The first-order chi connectivity index (χ1) is 5.65. The molecule has 12 heavy (non-hydrogen) atoms. The molecule has 0 aliphatic heterocycles. The maximum atomic E-state index is 13.0. The van der Waals surface area contributed by atoms with E-state index in [4.69, 9.17) is 6.42 Å². The van der Waals surface area contributed by atoms with Gasteiger partial charge in [0.05, 0.1) is 0 Å². The number of terminal acetylenes is 1. The molecule has 0 radical (unpaired) electrons. The predicted molar refractivity (Wildman–Crippen MR) is 43.6 cm³/mol. The van der Waals surface area contributed by atoms with Crippen molar-refractivity contribution in [2.24, 2.45) is 0 Å². The summed E-state index contributed by atoms with van der Waals surface area (Å²) in [7, 11) is 0. The van der Waals surface area contributed by atoms with E-state index in [9.17, 15) is 8.78 Å². The molecule has 0 heterocycles. The highest BCUT2D eigenvalue weighted by Gasteiger charge is 2.08. The van der Waals surface area contributed by atoms with Crippen molar-refractivity contribution < 1.29 is 8.78 Å². The summed E-state index contributed by atoms with van der Waals surface area (Å²) in [5.74, 6) is 0.899. The topological polar surface area (TPSA) is 0 Å². The van der Waals surface area contributed by atoms with Gasteiger partial charge in [-0.1, -0.05) is 12.0 Å². The van der Waals surface area contributed by atoms with Crippen molar-refractivity contribution in [3.05, 3.63) is 35.4 Å². The molecular formula is C10H8F2. The summed E-state index contributed by atoms with van der Waals surface area (Å²) in [5.41, 5.74) is 0.360. The summed E-state index contributed by atoms with van der Waals surface area (Å²) in [6.07, 6.45) is 5.10. The highest BCUT2D eigenvalue weighted by Crippen LogP contribution is 2.18. The summed E-state index contributed by atoms with van der Waals surface area (Å²) in [6, 6.07) is 3.41. The van der Waals surface area contributed by atoms with Gasteiger partial charge in [-0.25, -0.2) is 8.78 Å². The van der Waals surface area contributed by atoms with Crippen molar-refractivity contribution in [1.29, 1.82) is 0 Å². The van der Waals surface area contributed by atoms with E-state index in [-0.39, 0.29) is 5.92 Å². The molecule has 0 aliphatic carbocycles. The number of hydrogen-bond donors (Lipinski definition) is 0. The molecule has 0 nitrogen and oxygen atoms in total. The third-order valence-electron chi connectivity index (χ3n) is 1.68. The Bertz CT molecular complexity index is 323. The van der Waals surface area contributed by atoms with Crippen LogP contribution in [0.2, 0.25) is 0 Å². The van der Waals surface area contributed by atoms with Crippen molar-refractivity contribution in [2.75, 3.05) is 0 Å². The van der Waals surface area contributed by atoms with Gasteiger partial charge in [-0.05, 0) is 13.0 Å². The van der Waals surface area contributed by atoms with E-state index in [0.29, 0.717) is 5.56 Å². The van der Waals surface area contributed by atoms with Gasteiger partial charge in [0, 0.05) is 17.5 Å². The van der Waals surface area contributed by atoms with Crippen LogP contribution >= 0.6 is 0 Å². The van der Waals surface area contributed by atoms with Crippen LogP contribution in [0.5, 0.6) is 0 Å². The summed E-state index contributed by atoms with van der Waals surface area (Å²) < 4.78 is 25.4. The zero-order valence-electron chi connectivity index (χ0n) is 6.64. The molecule has 0 saturated heterocycles. The van der Waals surface area contributed by atoms with E-state index in [1.165, 1.54) is 12.1 Å². The lowest BCUT2D eigenvalue weighted by atomic mass is 10.0. The first kappa shape index (κ1) is 8.73. The molecule has 0 spiro atoms. The van der Waals surface area contributed by atoms with Crippen molar-refractivity contribution >= 4 is 0 Å². The molecule has 0 fully saturated rings. The van der Waals surface area contributed by atoms with Gasteiger partial charge in [0.2, 0.25) is 0 Å². The molecule has 0 aliphatic rings. The molecule has 1 atom stereocenters. The van der Waals surface area contributed by atoms with Crippen molar-refractivity contribution in [3.63, 3.8) is 0 Å². The third-order valence-corrected chi connectivity index (χ3v) is 1.68. The lowest BCUT2D eigenvalue weighted by Crippen LogP contribution is -1.94. The quantitative estimate of drug-likeness (QED) is 0.563. The Morgan fingerprint density at radius 3 is 2.58 bits per heavy atom. The Morgan fingerprint density at radius 2 is 2.08 bits per heavy atom. The maximum Gasteiger partial charge on any atom is 0.130 e. The molecule has 0 amide bonds. The van der Waals surface area contributed by atoms with Gasteiger partial charge in [0.1, 0.15) is 11.6 Å². The molecule has 0 N–H and O–H groups in total. The van der Waals surface area contributed by atoms with Crippen molar-refractivity contribution in [2.45, 2.75) is 12.8 Å². The Kier molecular flexibility index (Phi) is 2.44. The van der Waals surface area contributed by atoms with Crippen LogP contribution < -0.4 is 0 Å². The normalized spacial score (nSPS) is 12.2. The standard InChI is InChI=1S/C10H8F2/c1-3-7(2)9-5-4-8(11)6-10(9)12/h1,4-7H,2H3. The fourth-order valence-electron chi connectivity index (χ4n) is 0.942. The first-order valence-corrected chi connectivity index (χ1v) is 3.56. The molecule has 1 aromatic carbocycles. The number of rotatable bonds is 1. The molecule has 0 saturated carbocycles. The van der Waals surface area contributed by atoms with Gasteiger partial charge in [0.15, 0.2) is 0 Å². The minimum Gasteiger partial charge on any atom is -0.207 e. The zero-order chi connectivity index (χ0) is 9.14. The van der Waals surface area contributed by atoms with E-state index in [1.807, 2.05) is 0 Å². The van der Waals surface area contributed by atoms with Gasteiger partial charge >= 0.3 is 0 Å². The first-order valence-electron chi connectivity index (χ1n) is 3.56. The fraction of sp³-hybridized carbons (Fsp3) is 0.200. The largest absolute Gasteiger partial charge is 0.207 e.